The van der Waals surface area contributed by atoms with Crippen LogP contribution in [0.15, 0.2) is 0 Å². The molecule has 1 atom stereocenters. The van der Waals surface area contributed by atoms with Gasteiger partial charge in [-0.15, -0.1) is 0 Å². The molecule has 1 saturated heterocycles. The quantitative estimate of drug-likeness (QED) is 0.704. The Morgan fingerprint density at radius 2 is 2.37 bits per heavy atom. The molecule has 0 radical (unpaired) electrons. The number of nitrogens with zero attached hydrogens (tertiary/aromatic N) is 2. The summed E-state index contributed by atoms with van der Waals surface area (Å²) in [7, 11) is 0. The van der Waals surface area contributed by atoms with Crippen LogP contribution in [0.5, 0.6) is 6.01 Å². The van der Waals surface area contributed by atoms with Gasteiger partial charge in [0, 0.05) is 6.61 Å². The molecule has 8 nitrogen and oxygen atoms in total. The summed E-state index contributed by atoms with van der Waals surface area (Å²) in [4.78, 5) is 19.4. The Morgan fingerprint density at radius 1 is 1.47 bits per heavy atom. The second-order valence-electron chi connectivity index (χ2n) is 4.46. The van der Waals surface area contributed by atoms with Crippen molar-refractivity contribution in [3.05, 3.63) is 0 Å². The fourth-order valence-electron chi connectivity index (χ4n) is 2.06. The normalized spacial score (nSPS) is 21.5. The van der Waals surface area contributed by atoms with Crippen LogP contribution in [0.1, 0.15) is 12.8 Å². The zero-order valence-electron chi connectivity index (χ0n) is 10.3. The summed E-state index contributed by atoms with van der Waals surface area (Å²) in [6.07, 6.45) is 2.12. The molecular formula is C11H15N5O3. The van der Waals surface area contributed by atoms with Gasteiger partial charge in [-0.25, -0.2) is 0 Å². The van der Waals surface area contributed by atoms with Crippen LogP contribution >= 0.6 is 0 Å². The minimum Gasteiger partial charge on any atom is -0.461 e. The molecule has 1 unspecified atom stereocenters. The standard InChI is InChI=1S/C11H15N5O3/c12-9-8-10(13-4-7(17)14-8)16-11(15-9)19-5-6-2-1-3-18-6/h6H,1-5H2,(H,14,17)(H3,12,13,15,16). The van der Waals surface area contributed by atoms with Crippen LogP contribution in [-0.2, 0) is 9.53 Å². The molecular weight excluding hydrogens is 250 g/mol. The average Bonchev–Trinajstić information content (AvgIpc) is 2.90. The molecule has 3 heterocycles. The molecule has 1 amide bonds. The molecule has 19 heavy (non-hydrogen) atoms. The van der Waals surface area contributed by atoms with Crippen molar-refractivity contribution in [2.75, 3.05) is 36.1 Å². The third-order valence-corrected chi connectivity index (χ3v) is 3.02. The molecule has 0 spiro atoms. The number of rotatable bonds is 3. The molecule has 0 aromatic carbocycles. The Morgan fingerprint density at radius 3 is 3.16 bits per heavy atom. The number of carbonyl (C=O) groups is 1. The van der Waals surface area contributed by atoms with E-state index >= 15 is 0 Å². The fourth-order valence-corrected chi connectivity index (χ4v) is 2.06. The lowest BCUT2D eigenvalue weighted by atomic mass is 10.2. The van der Waals surface area contributed by atoms with Gasteiger partial charge in [-0.3, -0.25) is 4.79 Å². The number of hydrogen-bond acceptors (Lipinski definition) is 7. The fraction of sp³-hybridized carbons (Fsp3) is 0.545. The summed E-state index contributed by atoms with van der Waals surface area (Å²) in [5.41, 5.74) is 6.17. The van der Waals surface area contributed by atoms with Gasteiger partial charge in [0.1, 0.15) is 12.3 Å². The van der Waals surface area contributed by atoms with Crippen molar-refractivity contribution in [1.82, 2.24) is 9.97 Å². The number of carbonyl (C=O) groups excluding carboxylic acids is 1. The first-order valence-corrected chi connectivity index (χ1v) is 6.18. The number of nitrogen functional groups attached to an aromatic ring is 1. The minimum absolute atomic E-state index is 0.0912. The highest BCUT2D eigenvalue weighted by Crippen LogP contribution is 2.29. The number of nitrogens with two attached hydrogens (primary N) is 1. The van der Waals surface area contributed by atoms with Crippen molar-refractivity contribution < 1.29 is 14.3 Å². The summed E-state index contributed by atoms with van der Waals surface area (Å²) in [5, 5.41) is 5.49. The molecule has 0 aliphatic carbocycles. The van der Waals surface area contributed by atoms with Crippen molar-refractivity contribution >= 4 is 23.2 Å². The zero-order chi connectivity index (χ0) is 13.2. The maximum atomic E-state index is 11.2. The Kier molecular flexibility index (Phi) is 3.08. The van der Waals surface area contributed by atoms with E-state index < -0.39 is 0 Å². The van der Waals surface area contributed by atoms with Crippen LogP contribution in [0, 0.1) is 0 Å². The maximum absolute atomic E-state index is 11.2. The van der Waals surface area contributed by atoms with E-state index in [-0.39, 0.29) is 30.4 Å². The second-order valence-corrected chi connectivity index (χ2v) is 4.46. The molecule has 1 fully saturated rings. The van der Waals surface area contributed by atoms with E-state index in [1.165, 1.54) is 0 Å². The zero-order valence-corrected chi connectivity index (χ0v) is 10.3. The topological polar surface area (TPSA) is 111 Å². The van der Waals surface area contributed by atoms with Gasteiger partial charge in [-0.2, -0.15) is 9.97 Å². The van der Waals surface area contributed by atoms with Gasteiger partial charge < -0.3 is 25.8 Å². The monoisotopic (exact) mass is 265 g/mol. The molecule has 1 aromatic rings. The number of fused-ring (bicyclic) bond motifs is 1. The highest BCUT2D eigenvalue weighted by molar-refractivity contribution is 6.02. The van der Waals surface area contributed by atoms with E-state index in [2.05, 4.69) is 20.6 Å². The molecule has 2 aliphatic heterocycles. The number of aromatic nitrogens is 2. The smallest absolute Gasteiger partial charge is 0.320 e. The first kappa shape index (κ1) is 12.0. The highest BCUT2D eigenvalue weighted by Gasteiger charge is 2.22. The number of anilines is 3. The van der Waals surface area contributed by atoms with Crippen LogP contribution < -0.4 is 21.1 Å². The van der Waals surface area contributed by atoms with E-state index in [4.69, 9.17) is 15.2 Å². The lowest BCUT2D eigenvalue weighted by Crippen LogP contribution is -2.29. The molecule has 0 saturated carbocycles. The van der Waals surface area contributed by atoms with Crippen LogP contribution in [0.2, 0.25) is 0 Å². The van der Waals surface area contributed by atoms with Crippen LogP contribution in [0.25, 0.3) is 0 Å². The van der Waals surface area contributed by atoms with Gasteiger partial charge >= 0.3 is 6.01 Å². The molecule has 3 rings (SSSR count). The number of hydrogen-bond donors (Lipinski definition) is 3. The van der Waals surface area contributed by atoms with E-state index in [0.717, 1.165) is 19.4 Å². The molecule has 0 bridgehead atoms. The van der Waals surface area contributed by atoms with E-state index in [1.54, 1.807) is 0 Å². The average molecular weight is 265 g/mol. The maximum Gasteiger partial charge on any atom is 0.320 e. The summed E-state index contributed by atoms with van der Waals surface area (Å²) >= 11 is 0. The van der Waals surface area contributed by atoms with Crippen molar-refractivity contribution in [3.63, 3.8) is 0 Å². The lowest BCUT2D eigenvalue weighted by molar-refractivity contribution is -0.114. The Hall–Kier alpha value is -2.09. The summed E-state index contributed by atoms with van der Waals surface area (Å²) in [6, 6.07) is 0.190. The van der Waals surface area contributed by atoms with Crippen LogP contribution in [0.4, 0.5) is 17.3 Å². The molecule has 4 N–H and O–H groups in total. The number of amides is 1. The van der Waals surface area contributed by atoms with Crippen LogP contribution in [-0.4, -0.2) is 41.7 Å². The minimum atomic E-state index is -0.171. The number of ether oxygens (including phenoxy) is 2. The molecule has 102 valence electrons. The van der Waals surface area contributed by atoms with E-state index in [1.807, 2.05) is 0 Å². The second kappa shape index (κ2) is 4.88. The van der Waals surface area contributed by atoms with Crippen molar-refractivity contribution in [3.8, 4) is 6.01 Å². The highest BCUT2D eigenvalue weighted by atomic mass is 16.5. The third kappa shape index (κ3) is 2.53. The van der Waals surface area contributed by atoms with Gasteiger partial charge in [-0.05, 0) is 12.8 Å². The molecule has 1 aromatic heterocycles. The van der Waals surface area contributed by atoms with Crippen molar-refractivity contribution in [1.29, 1.82) is 0 Å². The Labute approximate surface area is 109 Å². The molecule has 8 heteroatoms. The predicted molar refractivity (Wildman–Crippen MR) is 68.0 cm³/mol. The van der Waals surface area contributed by atoms with Crippen molar-refractivity contribution in [2.45, 2.75) is 18.9 Å². The van der Waals surface area contributed by atoms with Gasteiger partial charge in [0.05, 0.1) is 12.6 Å². The van der Waals surface area contributed by atoms with Gasteiger partial charge in [0.15, 0.2) is 11.6 Å². The summed E-state index contributed by atoms with van der Waals surface area (Å²) in [5.74, 6) is 0.498. The van der Waals surface area contributed by atoms with E-state index in [9.17, 15) is 4.79 Å². The van der Waals surface area contributed by atoms with Gasteiger partial charge in [0.2, 0.25) is 5.91 Å². The first-order valence-electron chi connectivity index (χ1n) is 6.18. The Bertz CT molecular complexity index is 501. The van der Waals surface area contributed by atoms with Crippen molar-refractivity contribution in [2.24, 2.45) is 0 Å². The third-order valence-electron chi connectivity index (χ3n) is 3.02. The summed E-state index contributed by atoms with van der Waals surface area (Å²) < 4.78 is 10.9. The van der Waals surface area contributed by atoms with E-state index in [0.29, 0.717) is 18.1 Å². The molecule has 2 aliphatic rings. The summed E-state index contributed by atoms with van der Waals surface area (Å²) in [6.45, 7) is 1.34. The predicted octanol–water partition coefficient (Wildman–Crippen LogP) is -0.0194. The Balaban J connectivity index is 1.72. The van der Waals surface area contributed by atoms with Crippen LogP contribution in [0.3, 0.4) is 0 Å². The lowest BCUT2D eigenvalue weighted by Gasteiger charge is -2.19. The largest absolute Gasteiger partial charge is 0.461 e. The SMILES string of the molecule is Nc1nc(OCC2CCCO2)nc2c1NC(=O)CN2. The van der Waals surface area contributed by atoms with Gasteiger partial charge in [-0.1, -0.05) is 0 Å². The number of nitrogens with one attached hydrogen (secondary N) is 2. The van der Waals surface area contributed by atoms with Gasteiger partial charge in [0.25, 0.3) is 0 Å². The first-order chi connectivity index (χ1) is 9.22.